The van der Waals surface area contributed by atoms with E-state index >= 15 is 0 Å². The third kappa shape index (κ3) is 5.39. The molecule has 1 N–H and O–H groups in total. The molecular weight excluding hydrogens is 266 g/mol. The topological polar surface area (TPSA) is 41.9 Å². The number of benzene rings is 1. The Morgan fingerprint density at radius 3 is 3.14 bits per heavy atom. The van der Waals surface area contributed by atoms with Gasteiger partial charge >= 0.3 is 0 Å². The van der Waals surface area contributed by atoms with Crippen LogP contribution in [0.5, 0.6) is 5.75 Å². The van der Waals surface area contributed by atoms with Gasteiger partial charge in [-0.2, -0.15) is 0 Å². The molecule has 0 bridgehead atoms. The van der Waals surface area contributed by atoms with Crippen LogP contribution in [0.15, 0.2) is 24.3 Å². The van der Waals surface area contributed by atoms with E-state index in [1.54, 1.807) is 7.11 Å². The molecule has 1 fully saturated rings. The summed E-state index contributed by atoms with van der Waals surface area (Å²) in [7, 11) is 1.76. The first kappa shape index (κ1) is 15.8. The molecule has 0 aliphatic carbocycles. The van der Waals surface area contributed by atoms with E-state index in [1.165, 1.54) is 6.42 Å². The lowest BCUT2D eigenvalue weighted by Gasteiger charge is -2.16. The molecule has 1 aromatic carbocycles. The summed E-state index contributed by atoms with van der Waals surface area (Å²) < 4.78 is 11.0. The van der Waals surface area contributed by atoms with Crippen molar-refractivity contribution in [2.45, 2.75) is 6.42 Å². The Morgan fingerprint density at radius 1 is 1.43 bits per heavy atom. The lowest BCUT2D eigenvalue weighted by molar-refractivity contribution is 0.150. The Hall–Kier alpha value is -1.54. The van der Waals surface area contributed by atoms with Crippen LogP contribution in [0.1, 0.15) is 12.0 Å². The van der Waals surface area contributed by atoms with Crippen LogP contribution in [0.25, 0.3) is 0 Å². The number of ether oxygens (including phenoxy) is 2. The standard InChI is InChI=1S/C17H23NO3/c1-20-14-16-7-8-18(13-16)9-11-21-17-6-2-4-15(12-17)5-3-10-19/h2,4,6,12,16,19H,7-11,13-14H2,1H3. The van der Waals surface area contributed by atoms with Crippen LogP contribution in [0.2, 0.25) is 0 Å². The van der Waals surface area contributed by atoms with Gasteiger partial charge in [0.2, 0.25) is 0 Å². The Kier molecular flexibility index (Phi) is 6.55. The second kappa shape index (κ2) is 8.68. The van der Waals surface area contributed by atoms with Crippen molar-refractivity contribution in [3.8, 4) is 17.6 Å². The lowest BCUT2D eigenvalue weighted by Crippen LogP contribution is -2.26. The molecule has 2 rings (SSSR count). The molecular formula is C17H23NO3. The van der Waals surface area contributed by atoms with Gasteiger partial charge in [-0.05, 0) is 37.1 Å². The maximum atomic E-state index is 8.70. The van der Waals surface area contributed by atoms with Crippen molar-refractivity contribution in [1.82, 2.24) is 4.90 Å². The molecule has 0 spiro atoms. The van der Waals surface area contributed by atoms with Gasteiger partial charge in [-0.3, -0.25) is 4.90 Å². The molecule has 0 radical (unpaired) electrons. The summed E-state index contributed by atoms with van der Waals surface area (Å²) in [5.41, 5.74) is 0.864. The molecule has 0 amide bonds. The number of nitrogens with zero attached hydrogens (tertiary/aromatic N) is 1. The van der Waals surface area contributed by atoms with E-state index in [-0.39, 0.29) is 6.61 Å². The number of hydrogen-bond acceptors (Lipinski definition) is 4. The minimum absolute atomic E-state index is 0.122. The monoisotopic (exact) mass is 289 g/mol. The van der Waals surface area contributed by atoms with Gasteiger partial charge in [0.15, 0.2) is 0 Å². The van der Waals surface area contributed by atoms with Crippen LogP contribution >= 0.6 is 0 Å². The van der Waals surface area contributed by atoms with Gasteiger partial charge in [-0.1, -0.05) is 17.9 Å². The fourth-order valence-electron chi connectivity index (χ4n) is 2.59. The highest BCUT2D eigenvalue weighted by Gasteiger charge is 2.21. The summed E-state index contributed by atoms with van der Waals surface area (Å²) in [4.78, 5) is 2.42. The van der Waals surface area contributed by atoms with Crippen LogP contribution in [0.3, 0.4) is 0 Å². The van der Waals surface area contributed by atoms with Crippen molar-refractivity contribution in [2.75, 3.05) is 46.6 Å². The number of rotatable bonds is 6. The van der Waals surface area contributed by atoms with Crippen LogP contribution in [0, 0.1) is 17.8 Å². The fraction of sp³-hybridized carbons (Fsp3) is 0.529. The molecule has 1 aromatic rings. The first-order valence-corrected chi connectivity index (χ1v) is 7.35. The van der Waals surface area contributed by atoms with Gasteiger partial charge in [0.1, 0.15) is 19.0 Å². The molecule has 1 saturated heterocycles. The summed E-state index contributed by atoms with van der Waals surface area (Å²) in [6.45, 7) is 4.56. The van der Waals surface area contributed by atoms with Crippen molar-refractivity contribution in [2.24, 2.45) is 5.92 Å². The minimum Gasteiger partial charge on any atom is -0.492 e. The van der Waals surface area contributed by atoms with Gasteiger partial charge in [0.25, 0.3) is 0 Å². The smallest absolute Gasteiger partial charge is 0.120 e. The quantitative estimate of drug-likeness (QED) is 0.803. The van der Waals surface area contributed by atoms with E-state index in [0.29, 0.717) is 12.5 Å². The molecule has 0 saturated carbocycles. The maximum Gasteiger partial charge on any atom is 0.120 e. The van der Waals surface area contributed by atoms with Crippen LogP contribution in [0.4, 0.5) is 0 Å². The second-order valence-corrected chi connectivity index (χ2v) is 5.25. The normalized spacial score (nSPS) is 18.3. The molecule has 1 atom stereocenters. The maximum absolute atomic E-state index is 8.70. The second-order valence-electron chi connectivity index (χ2n) is 5.25. The molecule has 1 heterocycles. The summed E-state index contributed by atoms with van der Waals surface area (Å²) in [6, 6.07) is 7.66. The predicted molar refractivity (Wildman–Crippen MR) is 82.3 cm³/mol. The molecule has 1 aliphatic rings. The third-order valence-corrected chi connectivity index (χ3v) is 3.59. The Labute approximate surface area is 126 Å². The minimum atomic E-state index is -0.122. The zero-order chi connectivity index (χ0) is 14.9. The highest BCUT2D eigenvalue weighted by molar-refractivity contribution is 5.39. The number of methoxy groups -OCH3 is 1. The molecule has 21 heavy (non-hydrogen) atoms. The molecule has 1 unspecified atom stereocenters. The first-order chi connectivity index (χ1) is 10.3. The fourth-order valence-corrected chi connectivity index (χ4v) is 2.59. The molecule has 0 aromatic heterocycles. The number of aliphatic hydroxyl groups is 1. The Balaban J connectivity index is 1.74. The van der Waals surface area contributed by atoms with Gasteiger partial charge in [-0.25, -0.2) is 0 Å². The van der Waals surface area contributed by atoms with E-state index in [1.807, 2.05) is 24.3 Å². The van der Waals surface area contributed by atoms with Crippen LogP contribution in [-0.4, -0.2) is 56.6 Å². The third-order valence-electron chi connectivity index (χ3n) is 3.59. The summed E-state index contributed by atoms with van der Waals surface area (Å²) >= 11 is 0. The van der Waals surface area contributed by atoms with Crippen molar-refractivity contribution in [1.29, 1.82) is 0 Å². The molecule has 1 aliphatic heterocycles. The van der Waals surface area contributed by atoms with Crippen molar-refractivity contribution in [3.05, 3.63) is 29.8 Å². The van der Waals surface area contributed by atoms with Gasteiger partial charge in [0.05, 0.1) is 6.61 Å². The van der Waals surface area contributed by atoms with Crippen LogP contribution < -0.4 is 4.74 Å². The van der Waals surface area contributed by atoms with Gasteiger partial charge in [-0.15, -0.1) is 0 Å². The first-order valence-electron chi connectivity index (χ1n) is 7.35. The van der Waals surface area contributed by atoms with Gasteiger partial charge in [0, 0.05) is 25.8 Å². The Bertz CT molecular complexity index is 492. The van der Waals surface area contributed by atoms with Crippen molar-refractivity contribution in [3.63, 3.8) is 0 Å². The number of hydrogen-bond donors (Lipinski definition) is 1. The van der Waals surface area contributed by atoms with Crippen LogP contribution in [-0.2, 0) is 4.74 Å². The van der Waals surface area contributed by atoms with E-state index in [9.17, 15) is 0 Å². The van der Waals surface area contributed by atoms with E-state index in [2.05, 4.69) is 16.7 Å². The SMILES string of the molecule is COCC1CCN(CCOc2cccc(C#CCO)c2)C1. The zero-order valence-corrected chi connectivity index (χ0v) is 12.5. The van der Waals surface area contributed by atoms with Crippen molar-refractivity contribution < 1.29 is 14.6 Å². The Morgan fingerprint density at radius 2 is 2.33 bits per heavy atom. The molecule has 4 heteroatoms. The predicted octanol–water partition coefficient (Wildman–Crippen LogP) is 1.38. The summed E-state index contributed by atoms with van der Waals surface area (Å²) in [5, 5.41) is 8.70. The average Bonchev–Trinajstić information content (AvgIpc) is 2.94. The average molecular weight is 289 g/mol. The van der Waals surface area contributed by atoms with Gasteiger partial charge < -0.3 is 14.6 Å². The molecule has 114 valence electrons. The zero-order valence-electron chi connectivity index (χ0n) is 12.5. The number of likely N-dealkylation sites (tertiary alicyclic amines) is 1. The lowest BCUT2D eigenvalue weighted by atomic mass is 10.1. The summed E-state index contributed by atoms with van der Waals surface area (Å²) in [6.07, 6.45) is 1.21. The molecule has 4 nitrogen and oxygen atoms in total. The largest absolute Gasteiger partial charge is 0.492 e. The number of aliphatic hydroxyl groups excluding tert-OH is 1. The van der Waals surface area contributed by atoms with E-state index < -0.39 is 0 Å². The van der Waals surface area contributed by atoms with E-state index in [0.717, 1.165) is 37.6 Å². The summed E-state index contributed by atoms with van der Waals surface area (Å²) in [5.74, 6) is 7.01. The van der Waals surface area contributed by atoms with Crippen molar-refractivity contribution >= 4 is 0 Å². The highest BCUT2D eigenvalue weighted by Crippen LogP contribution is 2.16. The van der Waals surface area contributed by atoms with E-state index in [4.69, 9.17) is 14.6 Å². The highest BCUT2D eigenvalue weighted by atomic mass is 16.5.